The highest BCUT2D eigenvalue weighted by Crippen LogP contribution is 2.53. The highest BCUT2D eigenvalue weighted by Gasteiger charge is 2.55. The molecule has 1 aliphatic carbocycles. The number of ether oxygens (including phenoxy) is 1. The molecule has 0 N–H and O–H groups in total. The molecule has 0 spiro atoms. The molecule has 0 radical (unpaired) electrons. The Morgan fingerprint density at radius 1 is 1.50 bits per heavy atom. The first-order valence-corrected chi connectivity index (χ1v) is 4.49. The van der Waals surface area contributed by atoms with Gasteiger partial charge in [-0.1, -0.05) is 6.92 Å². The minimum Gasteiger partial charge on any atom is -0.460 e. The fourth-order valence-corrected chi connectivity index (χ4v) is 1.26. The maximum atomic E-state index is 11.5. The summed E-state index contributed by atoms with van der Waals surface area (Å²) in [7, 11) is 0. The Balaban J connectivity index is 2.51. The van der Waals surface area contributed by atoms with Crippen LogP contribution in [0.15, 0.2) is 0 Å². The van der Waals surface area contributed by atoms with Crippen molar-refractivity contribution in [2.45, 2.75) is 46.6 Å². The lowest BCUT2D eigenvalue weighted by Gasteiger charge is -2.22. The van der Waals surface area contributed by atoms with Gasteiger partial charge in [-0.2, -0.15) is 0 Å². The molecule has 70 valence electrons. The van der Waals surface area contributed by atoms with Gasteiger partial charge in [-0.05, 0) is 40.0 Å². The second kappa shape index (κ2) is 2.48. The van der Waals surface area contributed by atoms with Crippen LogP contribution in [-0.2, 0) is 9.53 Å². The molecule has 0 bridgehead atoms. The molecule has 0 heterocycles. The molecule has 0 saturated heterocycles. The van der Waals surface area contributed by atoms with Crippen LogP contribution in [0.1, 0.15) is 41.0 Å². The maximum Gasteiger partial charge on any atom is 0.312 e. The average Bonchev–Trinajstić information content (AvgIpc) is 2.37. The quantitative estimate of drug-likeness (QED) is 0.565. The SMILES string of the molecule is CC1C[C@]1(C)C(=O)OC(C)(C)C. The van der Waals surface area contributed by atoms with Crippen molar-refractivity contribution in [3.63, 3.8) is 0 Å². The summed E-state index contributed by atoms with van der Waals surface area (Å²) in [6.07, 6.45) is 0.974. The molecule has 1 aliphatic rings. The van der Waals surface area contributed by atoms with Gasteiger partial charge in [0.1, 0.15) is 5.60 Å². The summed E-state index contributed by atoms with van der Waals surface area (Å²) >= 11 is 0. The predicted octanol–water partition coefficient (Wildman–Crippen LogP) is 2.37. The molecular weight excluding hydrogens is 152 g/mol. The zero-order valence-electron chi connectivity index (χ0n) is 8.60. The molecule has 0 aromatic rings. The summed E-state index contributed by atoms with van der Waals surface area (Å²) in [5, 5.41) is 0. The van der Waals surface area contributed by atoms with Crippen LogP contribution in [0.2, 0.25) is 0 Å². The Hall–Kier alpha value is -0.530. The van der Waals surface area contributed by atoms with Crippen molar-refractivity contribution >= 4 is 5.97 Å². The van der Waals surface area contributed by atoms with Crippen molar-refractivity contribution < 1.29 is 9.53 Å². The Kier molecular flexibility index (Phi) is 1.97. The van der Waals surface area contributed by atoms with Crippen molar-refractivity contribution in [3.05, 3.63) is 0 Å². The van der Waals surface area contributed by atoms with E-state index in [0.29, 0.717) is 5.92 Å². The zero-order valence-corrected chi connectivity index (χ0v) is 8.60. The van der Waals surface area contributed by atoms with Crippen LogP contribution in [0.25, 0.3) is 0 Å². The van der Waals surface area contributed by atoms with Crippen LogP contribution >= 0.6 is 0 Å². The monoisotopic (exact) mass is 170 g/mol. The van der Waals surface area contributed by atoms with E-state index in [1.54, 1.807) is 0 Å². The van der Waals surface area contributed by atoms with Gasteiger partial charge in [-0.3, -0.25) is 4.79 Å². The fourth-order valence-electron chi connectivity index (χ4n) is 1.26. The van der Waals surface area contributed by atoms with Crippen molar-refractivity contribution in [1.29, 1.82) is 0 Å². The smallest absolute Gasteiger partial charge is 0.312 e. The van der Waals surface area contributed by atoms with Gasteiger partial charge in [-0.15, -0.1) is 0 Å². The Labute approximate surface area is 74.3 Å². The molecule has 1 rings (SSSR count). The molecule has 2 nitrogen and oxygen atoms in total. The first-order chi connectivity index (χ1) is 5.26. The Morgan fingerprint density at radius 2 is 1.92 bits per heavy atom. The van der Waals surface area contributed by atoms with Crippen LogP contribution in [0.4, 0.5) is 0 Å². The van der Waals surface area contributed by atoms with E-state index in [1.807, 2.05) is 27.7 Å². The van der Waals surface area contributed by atoms with Crippen molar-refractivity contribution in [2.75, 3.05) is 0 Å². The van der Waals surface area contributed by atoms with E-state index < -0.39 is 0 Å². The van der Waals surface area contributed by atoms with Gasteiger partial charge in [-0.25, -0.2) is 0 Å². The van der Waals surface area contributed by atoms with E-state index in [1.165, 1.54) is 0 Å². The fraction of sp³-hybridized carbons (Fsp3) is 0.900. The Bertz CT molecular complexity index is 202. The van der Waals surface area contributed by atoms with E-state index >= 15 is 0 Å². The summed E-state index contributed by atoms with van der Waals surface area (Å²) in [5.74, 6) is 0.454. The number of carbonyl (C=O) groups is 1. The molecule has 1 unspecified atom stereocenters. The van der Waals surface area contributed by atoms with Gasteiger partial charge in [0.2, 0.25) is 0 Å². The van der Waals surface area contributed by atoms with Crippen LogP contribution < -0.4 is 0 Å². The predicted molar refractivity (Wildman–Crippen MR) is 47.7 cm³/mol. The average molecular weight is 170 g/mol. The van der Waals surface area contributed by atoms with Crippen LogP contribution in [0.5, 0.6) is 0 Å². The van der Waals surface area contributed by atoms with E-state index in [0.717, 1.165) is 6.42 Å². The van der Waals surface area contributed by atoms with Crippen molar-refractivity contribution in [1.82, 2.24) is 0 Å². The van der Waals surface area contributed by atoms with Crippen molar-refractivity contribution in [2.24, 2.45) is 11.3 Å². The highest BCUT2D eigenvalue weighted by atomic mass is 16.6. The molecule has 2 atom stereocenters. The minimum absolute atomic E-state index is 0.0394. The molecule has 12 heavy (non-hydrogen) atoms. The third-order valence-electron chi connectivity index (χ3n) is 2.52. The van der Waals surface area contributed by atoms with Crippen LogP contribution in [0, 0.1) is 11.3 Å². The normalized spacial score (nSPS) is 34.6. The molecule has 1 saturated carbocycles. The number of esters is 1. The second-order valence-electron chi connectivity index (χ2n) is 5.02. The number of hydrogen-bond acceptors (Lipinski definition) is 2. The first-order valence-electron chi connectivity index (χ1n) is 4.49. The zero-order chi connectivity index (χ0) is 9.57. The summed E-state index contributed by atoms with van der Waals surface area (Å²) in [6.45, 7) is 9.78. The molecule has 0 aromatic carbocycles. The lowest BCUT2D eigenvalue weighted by molar-refractivity contribution is -0.161. The molecular formula is C10H18O2. The number of hydrogen-bond donors (Lipinski definition) is 0. The molecule has 0 aromatic heterocycles. The summed E-state index contributed by atoms with van der Waals surface area (Å²) in [5.41, 5.74) is -0.532. The lowest BCUT2D eigenvalue weighted by atomic mass is 10.1. The molecule has 1 fully saturated rings. The second-order valence-corrected chi connectivity index (χ2v) is 5.02. The van der Waals surface area contributed by atoms with Gasteiger partial charge in [0.15, 0.2) is 0 Å². The number of rotatable bonds is 1. The standard InChI is InChI=1S/C10H18O2/c1-7-6-10(7,5)8(11)12-9(2,3)4/h7H,6H2,1-5H3/t7?,10-/m0/s1. The summed E-state index contributed by atoms with van der Waals surface area (Å²) in [4.78, 5) is 11.5. The van der Waals surface area contributed by atoms with Gasteiger partial charge in [0.25, 0.3) is 0 Å². The van der Waals surface area contributed by atoms with Gasteiger partial charge >= 0.3 is 5.97 Å². The summed E-state index contributed by atoms with van der Waals surface area (Å²) in [6, 6.07) is 0. The van der Waals surface area contributed by atoms with Crippen LogP contribution in [-0.4, -0.2) is 11.6 Å². The van der Waals surface area contributed by atoms with E-state index in [-0.39, 0.29) is 17.0 Å². The molecule has 0 amide bonds. The molecule has 2 heteroatoms. The maximum absolute atomic E-state index is 11.5. The Morgan fingerprint density at radius 3 is 2.17 bits per heavy atom. The largest absolute Gasteiger partial charge is 0.460 e. The first kappa shape index (κ1) is 9.56. The lowest BCUT2D eigenvalue weighted by Crippen LogP contribution is -2.29. The minimum atomic E-state index is -0.345. The van der Waals surface area contributed by atoms with Gasteiger partial charge < -0.3 is 4.74 Å². The van der Waals surface area contributed by atoms with E-state index in [9.17, 15) is 4.79 Å². The van der Waals surface area contributed by atoms with Crippen molar-refractivity contribution in [3.8, 4) is 0 Å². The molecule has 0 aliphatic heterocycles. The highest BCUT2D eigenvalue weighted by molar-refractivity contribution is 5.80. The third-order valence-corrected chi connectivity index (χ3v) is 2.52. The third kappa shape index (κ3) is 1.79. The van der Waals surface area contributed by atoms with E-state index in [4.69, 9.17) is 4.74 Å². The van der Waals surface area contributed by atoms with Gasteiger partial charge in [0, 0.05) is 0 Å². The van der Waals surface area contributed by atoms with E-state index in [2.05, 4.69) is 6.92 Å². The summed E-state index contributed by atoms with van der Waals surface area (Å²) < 4.78 is 5.30. The van der Waals surface area contributed by atoms with Crippen LogP contribution in [0.3, 0.4) is 0 Å². The number of carbonyl (C=O) groups excluding carboxylic acids is 1. The van der Waals surface area contributed by atoms with Gasteiger partial charge in [0.05, 0.1) is 5.41 Å². The topological polar surface area (TPSA) is 26.3 Å².